The van der Waals surface area contributed by atoms with Crippen molar-refractivity contribution >= 4 is 10.1 Å². The van der Waals surface area contributed by atoms with Crippen LogP contribution in [0, 0.1) is 0 Å². The molecule has 1 atom stereocenters. The van der Waals surface area contributed by atoms with Crippen LogP contribution in [-0.2, 0) is 10.1 Å². The molecule has 0 rings (SSSR count). The second-order valence-corrected chi connectivity index (χ2v) is 3.31. The lowest BCUT2D eigenvalue weighted by atomic mass is 10.5. The highest BCUT2D eigenvalue weighted by atomic mass is 32.2. The first-order valence-electron chi connectivity index (χ1n) is 2.00. The van der Waals surface area contributed by atoms with Gasteiger partial charge in [0.25, 0.3) is 10.1 Å². The van der Waals surface area contributed by atoms with Crippen molar-refractivity contribution in [1.29, 1.82) is 0 Å². The van der Waals surface area contributed by atoms with Gasteiger partial charge in [0.1, 0.15) is 11.9 Å². The van der Waals surface area contributed by atoms with Gasteiger partial charge in [-0.3, -0.25) is 4.55 Å². The fraction of sp³-hybridized carbons (Fsp3) is 1.00. The van der Waals surface area contributed by atoms with Crippen LogP contribution in [0.5, 0.6) is 0 Å². The number of hydrogen-bond donors (Lipinski definition) is 1. The van der Waals surface area contributed by atoms with Crippen molar-refractivity contribution in [2.75, 3.05) is 6.67 Å². The Bertz CT molecular complexity index is 150. The van der Waals surface area contributed by atoms with Gasteiger partial charge in [-0.25, -0.2) is 4.39 Å². The van der Waals surface area contributed by atoms with Gasteiger partial charge in [0, 0.05) is 0 Å². The zero-order chi connectivity index (χ0) is 6.78. The fourth-order valence-electron chi connectivity index (χ4n) is 0.0796. The first-order chi connectivity index (χ1) is 3.48. The molecule has 0 aliphatic heterocycles. The van der Waals surface area contributed by atoms with E-state index < -0.39 is 22.0 Å². The molecule has 0 aromatic heterocycles. The Kier molecular flexibility index (Phi) is 2.36. The molecule has 0 bridgehead atoms. The normalized spacial score (nSPS) is 15.9. The molecule has 8 heavy (non-hydrogen) atoms. The third kappa shape index (κ3) is 2.23. The van der Waals surface area contributed by atoms with Crippen LogP contribution in [-0.4, -0.2) is 24.9 Å². The number of alkyl halides is 1. The van der Waals surface area contributed by atoms with Crippen LogP contribution in [0.15, 0.2) is 0 Å². The molecule has 1 unspecified atom stereocenters. The van der Waals surface area contributed by atoms with Crippen molar-refractivity contribution in [3.05, 3.63) is 0 Å². The summed E-state index contributed by atoms with van der Waals surface area (Å²) in [6.07, 6.45) is 0. The molecule has 0 radical (unpaired) electrons. The van der Waals surface area contributed by atoms with E-state index >= 15 is 0 Å². The average molecular weight is 142 g/mol. The summed E-state index contributed by atoms with van der Waals surface area (Å²) < 4.78 is 39.1. The third-order valence-electron chi connectivity index (χ3n) is 0.726. The third-order valence-corrected chi connectivity index (χ3v) is 1.87. The molecular formula is C3H7FO3S. The molecule has 0 aliphatic rings. The SMILES string of the molecule is CC(CF)S(=O)(=O)O. The van der Waals surface area contributed by atoms with E-state index in [0.717, 1.165) is 6.92 Å². The van der Waals surface area contributed by atoms with Gasteiger partial charge in [-0.05, 0) is 6.92 Å². The molecule has 0 aliphatic carbocycles. The van der Waals surface area contributed by atoms with Gasteiger partial charge in [-0.15, -0.1) is 0 Å². The second kappa shape index (κ2) is 2.41. The molecule has 0 saturated heterocycles. The molecule has 0 fully saturated rings. The molecule has 0 spiro atoms. The Morgan fingerprint density at radius 3 is 2.12 bits per heavy atom. The van der Waals surface area contributed by atoms with E-state index in [-0.39, 0.29) is 0 Å². The Hall–Kier alpha value is -0.160. The largest absolute Gasteiger partial charge is 0.285 e. The number of halogens is 1. The maximum Gasteiger partial charge on any atom is 0.270 e. The number of rotatable bonds is 2. The van der Waals surface area contributed by atoms with Gasteiger partial charge >= 0.3 is 0 Å². The van der Waals surface area contributed by atoms with Crippen LogP contribution in [0.1, 0.15) is 6.92 Å². The lowest BCUT2D eigenvalue weighted by molar-refractivity contribution is 0.430. The summed E-state index contributed by atoms with van der Waals surface area (Å²) in [5, 5.41) is -1.29. The second-order valence-electron chi connectivity index (χ2n) is 1.48. The lowest BCUT2D eigenvalue weighted by Gasteiger charge is -1.98. The average Bonchev–Trinajstić information content (AvgIpc) is 1.62. The summed E-state index contributed by atoms with van der Waals surface area (Å²) in [6, 6.07) is 0. The van der Waals surface area contributed by atoms with E-state index in [1.165, 1.54) is 0 Å². The summed E-state index contributed by atoms with van der Waals surface area (Å²) in [5.74, 6) is 0. The van der Waals surface area contributed by atoms with Crippen LogP contribution < -0.4 is 0 Å². The van der Waals surface area contributed by atoms with E-state index in [0.29, 0.717) is 0 Å². The Morgan fingerprint density at radius 1 is 1.75 bits per heavy atom. The smallest absolute Gasteiger partial charge is 0.270 e. The standard InChI is InChI=1S/C3H7FO3S/c1-3(2-4)8(5,6)7/h3H,2H2,1H3,(H,5,6,7). The van der Waals surface area contributed by atoms with E-state index in [1.54, 1.807) is 0 Å². The minimum Gasteiger partial charge on any atom is -0.285 e. The molecule has 50 valence electrons. The van der Waals surface area contributed by atoms with Crippen molar-refractivity contribution in [3.63, 3.8) is 0 Å². The zero-order valence-electron chi connectivity index (χ0n) is 4.33. The predicted octanol–water partition coefficient (Wildman–Crippen LogP) is 0.232. The first kappa shape index (κ1) is 7.84. The van der Waals surface area contributed by atoms with Gasteiger partial charge < -0.3 is 0 Å². The predicted molar refractivity (Wildman–Crippen MR) is 27.0 cm³/mol. The van der Waals surface area contributed by atoms with Gasteiger partial charge in [0.2, 0.25) is 0 Å². The van der Waals surface area contributed by atoms with Crippen LogP contribution in [0.2, 0.25) is 0 Å². The van der Waals surface area contributed by atoms with Crippen molar-refractivity contribution in [3.8, 4) is 0 Å². The van der Waals surface area contributed by atoms with E-state index in [2.05, 4.69) is 0 Å². The minimum atomic E-state index is -4.13. The van der Waals surface area contributed by atoms with Crippen molar-refractivity contribution in [2.24, 2.45) is 0 Å². The number of hydrogen-bond acceptors (Lipinski definition) is 2. The molecule has 5 heteroatoms. The summed E-state index contributed by atoms with van der Waals surface area (Å²) in [4.78, 5) is 0. The Labute approximate surface area is 47.3 Å². The molecule has 0 saturated carbocycles. The van der Waals surface area contributed by atoms with Crippen molar-refractivity contribution in [1.82, 2.24) is 0 Å². The van der Waals surface area contributed by atoms with Gasteiger partial charge in [0.05, 0.1) is 0 Å². The lowest BCUT2D eigenvalue weighted by Crippen LogP contribution is -2.17. The molecule has 0 amide bonds. The van der Waals surface area contributed by atoms with E-state index in [1.807, 2.05) is 0 Å². The maximum absolute atomic E-state index is 11.3. The summed E-state index contributed by atoms with van der Waals surface area (Å²) >= 11 is 0. The molecule has 0 aromatic rings. The minimum absolute atomic E-state index is 1.04. The van der Waals surface area contributed by atoms with Crippen LogP contribution >= 0.6 is 0 Å². The molecule has 1 N–H and O–H groups in total. The first-order valence-corrected chi connectivity index (χ1v) is 3.51. The summed E-state index contributed by atoms with van der Waals surface area (Å²) in [5.41, 5.74) is 0. The Morgan fingerprint density at radius 2 is 2.12 bits per heavy atom. The molecular weight excluding hydrogens is 135 g/mol. The van der Waals surface area contributed by atoms with Crippen LogP contribution in [0.4, 0.5) is 4.39 Å². The van der Waals surface area contributed by atoms with E-state index in [4.69, 9.17) is 4.55 Å². The Balaban J connectivity index is 4.04. The highest BCUT2D eigenvalue weighted by Gasteiger charge is 2.15. The topological polar surface area (TPSA) is 54.4 Å². The highest BCUT2D eigenvalue weighted by molar-refractivity contribution is 7.86. The summed E-state index contributed by atoms with van der Waals surface area (Å²) in [7, 11) is -4.13. The molecule has 0 aromatic carbocycles. The van der Waals surface area contributed by atoms with Gasteiger partial charge in [-0.2, -0.15) is 8.42 Å². The molecule has 3 nitrogen and oxygen atoms in total. The van der Waals surface area contributed by atoms with Crippen LogP contribution in [0.25, 0.3) is 0 Å². The van der Waals surface area contributed by atoms with Crippen molar-refractivity contribution < 1.29 is 17.4 Å². The van der Waals surface area contributed by atoms with Gasteiger partial charge in [-0.1, -0.05) is 0 Å². The fourth-order valence-corrected chi connectivity index (χ4v) is 0.239. The molecule has 0 heterocycles. The monoisotopic (exact) mass is 142 g/mol. The van der Waals surface area contributed by atoms with Gasteiger partial charge in [0.15, 0.2) is 0 Å². The van der Waals surface area contributed by atoms with E-state index in [9.17, 15) is 12.8 Å². The quantitative estimate of drug-likeness (QED) is 0.561. The van der Waals surface area contributed by atoms with Crippen LogP contribution in [0.3, 0.4) is 0 Å². The zero-order valence-corrected chi connectivity index (χ0v) is 5.15. The highest BCUT2D eigenvalue weighted by Crippen LogP contribution is 1.95. The van der Waals surface area contributed by atoms with Crippen molar-refractivity contribution in [2.45, 2.75) is 12.2 Å². The maximum atomic E-state index is 11.3. The summed E-state index contributed by atoms with van der Waals surface area (Å²) in [6.45, 7) is 0.0498.